The Hall–Kier alpha value is -0.630. The molecule has 2 nitrogen and oxygen atoms in total. The second-order valence-corrected chi connectivity index (χ2v) is 2.48. The van der Waals surface area contributed by atoms with E-state index < -0.39 is 0 Å². The number of halogens is 1. The Labute approximate surface area is 59.4 Å². The second-order valence-electron chi connectivity index (χ2n) is 2.07. The van der Waals surface area contributed by atoms with Crippen LogP contribution in [0.5, 0.6) is 0 Å². The Balaban J connectivity index is 2.75. The molecule has 0 amide bonds. The maximum absolute atomic E-state index is 5.64. The first kappa shape index (κ1) is 6.49. The largest absolute Gasteiger partial charge is 0.398 e. The van der Waals surface area contributed by atoms with Gasteiger partial charge in [-0.15, -0.1) is 0 Å². The van der Waals surface area contributed by atoms with Crippen molar-refractivity contribution in [3.8, 4) is 0 Å². The van der Waals surface area contributed by atoms with Gasteiger partial charge < -0.3 is 11.1 Å². The van der Waals surface area contributed by atoms with Crippen LogP contribution in [0.2, 0.25) is 0 Å². The van der Waals surface area contributed by atoms with Crippen molar-refractivity contribution in [1.82, 2.24) is 5.32 Å². The van der Waals surface area contributed by atoms with Crippen LogP contribution in [0.1, 0.15) is 6.92 Å². The molecule has 0 aromatic carbocycles. The molecule has 9 heavy (non-hydrogen) atoms. The second kappa shape index (κ2) is 2.31. The lowest BCUT2D eigenvalue weighted by molar-refractivity contribution is 0.749. The van der Waals surface area contributed by atoms with Gasteiger partial charge in [-0.1, -0.05) is 11.6 Å². The Bertz CT molecular complexity index is 172. The highest BCUT2D eigenvalue weighted by Gasteiger charge is 2.05. The molecule has 0 aliphatic carbocycles. The maximum Gasteiger partial charge on any atom is 0.0789 e. The molecule has 0 saturated heterocycles. The smallest absolute Gasteiger partial charge is 0.0789 e. The number of rotatable bonds is 0. The van der Waals surface area contributed by atoms with Gasteiger partial charge in [0.2, 0.25) is 0 Å². The van der Waals surface area contributed by atoms with Gasteiger partial charge in [-0.2, -0.15) is 0 Å². The van der Waals surface area contributed by atoms with E-state index in [1.165, 1.54) is 0 Å². The lowest BCUT2D eigenvalue weighted by atomic mass is 10.2. The Morgan fingerprint density at radius 3 is 2.89 bits per heavy atom. The topological polar surface area (TPSA) is 38.0 Å². The first-order chi connectivity index (χ1) is 4.20. The molecule has 1 aliphatic rings. The third-order valence-electron chi connectivity index (χ3n) is 1.18. The van der Waals surface area contributed by atoms with Gasteiger partial charge in [-0.25, -0.2) is 0 Å². The van der Waals surface area contributed by atoms with Crippen LogP contribution in [0.15, 0.2) is 23.0 Å². The average Bonchev–Trinajstić information content (AvgIpc) is 1.80. The van der Waals surface area contributed by atoms with E-state index in [1.807, 2.05) is 13.0 Å². The molecule has 3 N–H and O–H groups in total. The summed E-state index contributed by atoms with van der Waals surface area (Å²) in [4.78, 5) is 0. The van der Waals surface area contributed by atoms with Crippen molar-refractivity contribution in [1.29, 1.82) is 0 Å². The number of nitrogens with one attached hydrogen (secondary N) is 1. The summed E-state index contributed by atoms with van der Waals surface area (Å²) in [5, 5.41) is 3.60. The number of hydrogen-bond acceptors (Lipinski definition) is 2. The van der Waals surface area contributed by atoms with Gasteiger partial charge in [-0.05, 0) is 13.0 Å². The van der Waals surface area contributed by atoms with Gasteiger partial charge in [0.1, 0.15) is 0 Å². The van der Waals surface area contributed by atoms with E-state index in [2.05, 4.69) is 5.32 Å². The number of dihydropyridines is 1. The molecule has 0 bridgehead atoms. The summed E-state index contributed by atoms with van der Waals surface area (Å²) in [6.45, 7) is 2.01. The third kappa shape index (κ3) is 1.39. The summed E-state index contributed by atoms with van der Waals surface area (Å²) < 4.78 is 0. The zero-order chi connectivity index (χ0) is 6.85. The quantitative estimate of drug-likeness (QED) is 0.530. The molecule has 3 heteroatoms. The van der Waals surface area contributed by atoms with Crippen LogP contribution < -0.4 is 11.1 Å². The summed E-state index contributed by atoms with van der Waals surface area (Å²) in [6.07, 6.45) is 3.59. The van der Waals surface area contributed by atoms with Crippen molar-refractivity contribution in [3.05, 3.63) is 23.0 Å². The SMILES string of the molecule is CC1C=C(N)C(Cl)=CN1. The van der Waals surface area contributed by atoms with Crippen molar-refractivity contribution in [2.75, 3.05) is 0 Å². The van der Waals surface area contributed by atoms with E-state index in [4.69, 9.17) is 17.3 Å². The number of nitrogens with two attached hydrogens (primary N) is 1. The predicted octanol–water partition coefficient (Wildman–Crippen LogP) is 0.901. The molecule has 1 heterocycles. The summed E-state index contributed by atoms with van der Waals surface area (Å²) in [5.41, 5.74) is 6.15. The van der Waals surface area contributed by atoms with Crippen molar-refractivity contribution in [2.24, 2.45) is 5.73 Å². The van der Waals surface area contributed by atoms with Crippen molar-refractivity contribution in [3.63, 3.8) is 0 Å². The van der Waals surface area contributed by atoms with Gasteiger partial charge in [0, 0.05) is 17.9 Å². The molecule has 0 fully saturated rings. The molecule has 0 aromatic heterocycles. The van der Waals surface area contributed by atoms with Crippen molar-refractivity contribution < 1.29 is 0 Å². The molecule has 50 valence electrons. The maximum atomic E-state index is 5.64. The van der Waals surface area contributed by atoms with E-state index in [0.29, 0.717) is 16.8 Å². The minimum atomic E-state index is 0.299. The molecular weight excluding hydrogens is 136 g/mol. The number of hydrogen-bond donors (Lipinski definition) is 2. The van der Waals surface area contributed by atoms with E-state index in [0.717, 1.165) is 0 Å². The molecular formula is C6H9ClN2. The Morgan fingerprint density at radius 1 is 1.78 bits per heavy atom. The normalized spacial score (nSPS) is 26.2. The standard InChI is InChI=1S/C6H9ClN2/c1-4-2-6(8)5(7)3-9-4/h2-4,9H,8H2,1H3. The van der Waals surface area contributed by atoms with E-state index >= 15 is 0 Å². The highest BCUT2D eigenvalue weighted by atomic mass is 35.5. The average molecular weight is 145 g/mol. The van der Waals surface area contributed by atoms with Crippen molar-refractivity contribution in [2.45, 2.75) is 13.0 Å². The predicted molar refractivity (Wildman–Crippen MR) is 38.8 cm³/mol. The fourth-order valence-corrected chi connectivity index (χ4v) is 0.811. The minimum Gasteiger partial charge on any atom is -0.398 e. The van der Waals surface area contributed by atoms with Crippen LogP contribution in [-0.2, 0) is 0 Å². The first-order valence-corrected chi connectivity index (χ1v) is 3.17. The van der Waals surface area contributed by atoms with Crippen LogP contribution in [0.3, 0.4) is 0 Å². The number of allylic oxidation sites excluding steroid dienone is 1. The highest BCUT2D eigenvalue weighted by molar-refractivity contribution is 6.31. The fourth-order valence-electron chi connectivity index (χ4n) is 0.685. The zero-order valence-corrected chi connectivity index (χ0v) is 5.94. The van der Waals surface area contributed by atoms with Crippen LogP contribution in [0, 0.1) is 0 Å². The monoisotopic (exact) mass is 144 g/mol. The van der Waals surface area contributed by atoms with Gasteiger partial charge >= 0.3 is 0 Å². The van der Waals surface area contributed by atoms with E-state index in [9.17, 15) is 0 Å². The lowest BCUT2D eigenvalue weighted by Gasteiger charge is -2.13. The first-order valence-electron chi connectivity index (χ1n) is 2.79. The lowest BCUT2D eigenvalue weighted by Crippen LogP contribution is -2.24. The molecule has 1 atom stereocenters. The van der Waals surface area contributed by atoms with Crippen molar-refractivity contribution >= 4 is 11.6 Å². The minimum absolute atomic E-state index is 0.299. The highest BCUT2D eigenvalue weighted by Crippen LogP contribution is 2.12. The van der Waals surface area contributed by atoms with Crippen LogP contribution in [-0.4, -0.2) is 6.04 Å². The molecule has 0 aromatic rings. The molecule has 1 rings (SSSR count). The van der Waals surface area contributed by atoms with E-state index in [-0.39, 0.29) is 0 Å². The van der Waals surface area contributed by atoms with Gasteiger partial charge in [0.15, 0.2) is 0 Å². The van der Waals surface area contributed by atoms with Crippen LogP contribution in [0.25, 0.3) is 0 Å². The Kier molecular flexibility index (Phi) is 1.67. The molecule has 0 saturated carbocycles. The fraction of sp³-hybridized carbons (Fsp3) is 0.333. The Morgan fingerprint density at radius 2 is 2.44 bits per heavy atom. The summed E-state index contributed by atoms with van der Waals surface area (Å²) >= 11 is 5.64. The van der Waals surface area contributed by atoms with Gasteiger partial charge in [0.25, 0.3) is 0 Å². The molecule has 0 radical (unpaired) electrons. The summed E-state index contributed by atoms with van der Waals surface area (Å²) in [6, 6.07) is 0.299. The zero-order valence-electron chi connectivity index (χ0n) is 5.19. The molecule has 0 spiro atoms. The van der Waals surface area contributed by atoms with Crippen LogP contribution >= 0.6 is 11.6 Å². The van der Waals surface area contributed by atoms with Gasteiger partial charge in [-0.3, -0.25) is 0 Å². The third-order valence-corrected chi connectivity index (χ3v) is 1.51. The van der Waals surface area contributed by atoms with E-state index in [1.54, 1.807) is 6.20 Å². The molecule has 1 unspecified atom stereocenters. The van der Waals surface area contributed by atoms with Crippen LogP contribution in [0.4, 0.5) is 0 Å². The molecule has 1 aliphatic heterocycles. The van der Waals surface area contributed by atoms with Gasteiger partial charge in [0.05, 0.1) is 5.03 Å². The summed E-state index contributed by atoms with van der Waals surface area (Å²) in [5.74, 6) is 0. The summed E-state index contributed by atoms with van der Waals surface area (Å²) in [7, 11) is 0.